The summed E-state index contributed by atoms with van der Waals surface area (Å²) in [5, 5.41) is 6.14. The first-order valence-electron chi connectivity index (χ1n) is 7.65. The Labute approximate surface area is 127 Å². The zero-order valence-electron chi connectivity index (χ0n) is 12.6. The number of nitrogens with zero attached hydrogens (tertiary/aromatic N) is 1. The predicted octanol–water partition coefficient (Wildman–Crippen LogP) is 1.15. The molecular weight excluding hydrogens is 260 g/mol. The highest BCUT2D eigenvalue weighted by Gasteiger charge is 2.03. The molecule has 0 heterocycles. The maximum absolute atomic E-state index is 5.61. The molecule has 4 nitrogen and oxygen atoms in total. The standard InChI is InChI=1S/C17H26N4/c18-8-11-21(12-9-19)13-10-20-14-16-6-3-5-15-4-1-2-7-17(15)16/h1-7,20H,8-14,18-19H2. The maximum Gasteiger partial charge on any atom is 0.0212 e. The van der Waals surface area contributed by atoms with E-state index in [1.54, 1.807) is 0 Å². The Balaban J connectivity index is 1.85. The smallest absolute Gasteiger partial charge is 0.0212 e. The van der Waals surface area contributed by atoms with E-state index in [-0.39, 0.29) is 0 Å². The first kappa shape index (κ1) is 15.9. The van der Waals surface area contributed by atoms with Crippen molar-refractivity contribution in [2.45, 2.75) is 6.54 Å². The number of benzene rings is 2. The highest BCUT2D eigenvalue weighted by Crippen LogP contribution is 2.17. The molecule has 0 aromatic heterocycles. The van der Waals surface area contributed by atoms with Crippen molar-refractivity contribution in [3.63, 3.8) is 0 Å². The van der Waals surface area contributed by atoms with E-state index in [0.717, 1.165) is 32.7 Å². The van der Waals surface area contributed by atoms with Crippen LogP contribution in [0.4, 0.5) is 0 Å². The van der Waals surface area contributed by atoms with Crippen LogP contribution >= 0.6 is 0 Å². The van der Waals surface area contributed by atoms with Crippen LogP contribution in [-0.2, 0) is 6.54 Å². The molecule has 0 aliphatic heterocycles. The fourth-order valence-electron chi connectivity index (χ4n) is 2.61. The molecule has 0 bridgehead atoms. The number of hydrogen-bond acceptors (Lipinski definition) is 4. The third-order valence-corrected chi connectivity index (χ3v) is 3.69. The van der Waals surface area contributed by atoms with Gasteiger partial charge >= 0.3 is 0 Å². The molecular formula is C17H26N4. The van der Waals surface area contributed by atoms with Crippen molar-refractivity contribution >= 4 is 10.8 Å². The average molecular weight is 286 g/mol. The van der Waals surface area contributed by atoms with Gasteiger partial charge in [-0.3, -0.25) is 4.90 Å². The summed E-state index contributed by atoms with van der Waals surface area (Å²) in [7, 11) is 0. The third-order valence-electron chi connectivity index (χ3n) is 3.69. The maximum atomic E-state index is 5.61. The lowest BCUT2D eigenvalue weighted by Crippen LogP contribution is -2.38. The second-order valence-electron chi connectivity index (χ2n) is 5.23. The van der Waals surface area contributed by atoms with Crippen LogP contribution in [0.25, 0.3) is 10.8 Å². The predicted molar refractivity (Wildman–Crippen MR) is 90.2 cm³/mol. The van der Waals surface area contributed by atoms with Crippen molar-refractivity contribution in [2.24, 2.45) is 11.5 Å². The SMILES string of the molecule is NCCN(CCN)CCNCc1cccc2ccccc12. The quantitative estimate of drug-likeness (QED) is 0.605. The summed E-state index contributed by atoms with van der Waals surface area (Å²) >= 11 is 0. The fraction of sp³-hybridized carbons (Fsp3) is 0.412. The summed E-state index contributed by atoms with van der Waals surface area (Å²) in [6.07, 6.45) is 0. The Kier molecular flexibility index (Phi) is 6.63. The van der Waals surface area contributed by atoms with Gasteiger partial charge in [0.2, 0.25) is 0 Å². The summed E-state index contributed by atoms with van der Waals surface area (Å²) in [6.45, 7) is 6.01. The first-order valence-corrected chi connectivity index (χ1v) is 7.65. The van der Waals surface area contributed by atoms with Gasteiger partial charge in [0.1, 0.15) is 0 Å². The van der Waals surface area contributed by atoms with Gasteiger partial charge in [-0.1, -0.05) is 42.5 Å². The summed E-state index contributed by atoms with van der Waals surface area (Å²) < 4.78 is 0. The van der Waals surface area contributed by atoms with Crippen LogP contribution in [-0.4, -0.2) is 44.2 Å². The minimum absolute atomic E-state index is 0.684. The molecule has 0 aliphatic carbocycles. The largest absolute Gasteiger partial charge is 0.329 e. The lowest BCUT2D eigenvalue weighted by Gasteiger charge is -2.20. The van der Waals surface area contributed by atoms with E-state index < -0.39 is 0 Å². The average Bonchev–Trinajstić information content (AvgIpc) is 2.52. The molecule has 0 fully saturated rings. The first-order chi connectivity index (χ1) is 10.3. The Morgan fingerprint density at radius 1 is 0.857 bits per heavy atom. The van der Waals surface area contributed by atoms with Crippen LogP contribution in [0.15, 0.2) is 42.5 Å². The molecule has 21 heavy (non-hydrogen) atoms. The van der Waals surface area contributed by atoms with Crippen LogP contribution in [0.3, 0.4) is 0 Å². The summed E-state index contributed by atoms with van der Waals surface area (Å²) in [5.41, 5.74) is 12.6. The zero-order valence-corrected chi connectivity index (χ0v) is 12.6. The van der Waals surface area contributed by atoms with E-state index in [0.29, 0.717) is 13.1 Å². The Morgan fingerprint density at radius 3 is 2.33 bits per heavy atom. The second kappa shape index (κ2) is 8.74. The van der Waals surface area contributed by atoms with Gasteiger partial charge < -0.3 is 16.8 Å². The number of fused-ring (bicyclic) bond motifs is 1. The molecule has 0 saturated carbocycles. The highest BCUT2D eigenvalue weighted by molar-refractivity contribution is 5.85. The van der Waals surface area contributed by atoms with E-state index in [1.165, 1.54) is 16.3 Å². The van der Waals surface area contributed by atoms with E-state index in [9.17, 15) is 0 Å². The van der Waals surface area contributed by atoms with Crippen molar-refractivity contribution in [3.8, 4) is 0 Å². The molecule has 5 N–H and O–H groups in total. The van der Waals surface area contributed by atoms with Crippen LogP contribution in [0, 0.1) is 0 Å². The fourth-order valence-corrected chi connectivity index (χ4v) is 2.61. The second-order valence-corrected chi connectivity index (χ2v) is 5.23. The molecule has 2 aromatic rings. The van der Waals surface area contributed by atoms with Crippen molar-refractivity contribution in [1.82, 2.24) is 10.2 Å². The minimum Gasteiger partial charge on any atom is -0.329 e. The summed E-state index contributed by atoms with van der Waals surface area (Å²) in [4.78, 5) is 2.30. The molecule has 2 rings (SSSR count). The number of rotatable bonds is 9. The van der Waals surface area contributed by atoms with Crippen molar-refractivity contribution < 1.29 is 0 Å². The van der Waals surface area contributed by atoms with Crippen LogP contribution in [0.5, 0.6) is 0 Å². The third kappa shape index (κ3) is 4.79. The van der Waals surface area contributed by atoms with Crippen molar-refractivity contribution in [2.75, 3.05) is 39.3 Å². The minimum atomic E-state index is 0.684. The highest BCUT2D eigenvalue weighted by atomic mass is 15.1. The molecule has 0 amide bonds. The Hall–Kier alpha value is -1.46. The molecule has 0 radical (unpaired) electrons. The van der Waals surface area contributed by atoms with E-state index in [2.05, 4.69) is 52.7 Å². The van der Waals surface area contributed by atoms with Gasteiger partial charge in [-0.2, -0.15) is 0 Å². The number of nitrogens with two attached hydrogens (primary N) is 2. The van der Waals surface area contributed by atoms with E-state index in [4.69, 9.17) is 11.5 Å². The van der Waals surface area contributed by atoms with Gasteiger partial charge in [-0.05, 0) is 16.3 Å². The van der Waals surface area contributed by atoms with Gasteiger partial charge in [0, 0.05) is 45.8 Å². The van der Waals surface area contributed by atoms with Gasteiger partial charge in [0.25, 0.3) is 0 Å². The van der Waals surface area contributed by atoms with Gasteiger partial charge in [0.15, 0.2) is 0 Å². The topological polar surface area (TPSA) is 67.3 Å². The van der Waals surface area contributed by atoms with Crippen molar-refractivity contribution in [3.05, 3.63) is 48.0 Å². The monoisotopic (exact) mass is 286 g/mol. The van der Waals surface area contributed by atoms with Crippen molar-refractivity contribution in [1.29, 1.82) is 0 Å². The Morgan fingerprint density at radius 2 is 1.57 bits per heavy atom. The molecule has 0 atom stereocenters. The van der Waals surface area contributed by atoms with Gasteiger partial charge in [-0.25, -0.2) is 0 Å². The normalized spacial score (nSPS) is 11.4. The lowest BCUT2D eigenvalue weighted by atomic mass is 10.0. The summed E-state index contributed by atoms with van der Waals surface area (Å²) in [6, 6.07) is 15.0. The molecule has 0 saturated heterocycles. The van der Waals surface area contributed by atoms with E-state index in [1.807, 2.05) is 0 Å². The van der Waals surface area contributed by atoms with Crippen LogP contribution in [0.1, 0.15) is 5.56 Å². The number of nitrogens with one attached hydrogen (secondary N) is 1. The van der Waals surface area contributed by atoms with E-state index >= 15 is 0 Å². The molecule has 2 aromatic carbocycles. The van der Waals surface area contributed by atoms with Gasteiger partial charge in [-0.15, -0.1) is 0 Å². The Bertz CT molecular complexity index is 530. The number of hydrogen-bond donors (Lipinski definition) is 3. The molecule has 4 heteroatoms. The molecule has 0 aliphatic rings. The zero-order chi connectivity index (χ0) is 14.9. The van der Waals surface area contributed by atoms with Crippen LogP contribution < -0.4 is 16.8 Å². The molecule has 0 spiro atoms. The van der Waals surface area contributed by atoms with Gasteiger partial charge in [0.05, 0.1) is 0 Å². The van der Waals surface area contributed by atoms with Crippen LogP contribution in [0.2, 0.25) is 0 Å². The molecule has 0 unspecified atom stereocenters. The summed E-state index contributed by atoms with van der Waals surface area (Å²) in [5.74, 6) is 0. The lowest BCUT2D eigenvalue weighted by molar-refractivity contribution is 0.288. The molecule has 114 valence electrons.